The molecule has 1 N–H and O–H groups in total. The van der Waals surface area contributed by atoms with E-state index in [0.717, 1.165) is 31.2 Å². The Morgan fingerprint density at radius 1 is 1.18 bits per heavy atom. The van der Waals surface area contributed by atoms with Gasteiger partial charge in [0.25, 0.3) is 0 Å². The normalized spacial score (nSPS) is 20.8. The van der Waals surface area contributed by atoms with Crippen molar-refractivity contribution in [2.75, 3.05) is 0 Å². The van der Waals surface area contributed by atoms with E-state index in [1.165, 1.54) is 6.42 Å². The van der Waals surface area contributed by atoms with Crippen molar-refractivity contribution in [1.29, 1.82) is 0 Å². The fourth-order valence-electron chi connectivity index (χ4n) is 2.75. The molecular formula is C14H18O2S. The number of rotatable bonds is 3. The third-order valence-electron chi connectivity index (χ3n) is 3.74. The van der Waals surface area contributed by atoms with Crippen molar-refractivity contribution in [3.8, 4) is 0 Å². The summed E-state index contributed by atoms with van der Waals surface area (Å²) in [6.45, 7) is 0. The molecule has 0 aromatic heterocycles. The number of carboxylic acid groups (broad SMARTS) is 1. The minimum atomic E-state index is -1.03. The lowest BCUT2D eigenvalue weighted by Gasteiger charge is -2.36. The Labute approximate surface area is 107 Å². The van der Waals surface area contributed by atoms with Crippen molar-refractivity contribution in [3.05, 3.63) is 35.9 Å². The average molecular weight is 250 g/mol. The second kappa shape index (κ2) is 5.13. The van der Waals surface area contributed by atoms with Crippen LogP contribution >= 0.6 is 12.6 Å². The van der Waals surface area contributed by atoms with Gasteiger partial charge in [-0.2, -0.15) is 12.6 Å². The fourth-order valence-corrected chi connectivity index (χ4v) is 3.15. The summed E-state index contributed by atoms with van der Waals surface area (Å²) >= 11 is 4.55. The zero-order valence-corrected chi connectivity index (χ0v) is 10.7. The smallest absolute Gasteiger partial charge is 0.324 e. The maximum Gasteiger partial charge on any atom is 0.324 e. The monoisotopic (exact) mass is 250 g/mol. The predicted molar refractivity (Wildman–Crippen MR) is 71.3 cm³/mol. The molecule has 1 aromatic carbocycles. The first-order valence-electron chi connectivity index (χ1n) is 6.17. The third-order valence-corrected chi connectivity index (χ3v) is 4.55. The summed E-state index contributed by atoms with van der Waals surface area (Å²) in [5, 5.41) is 9.56. The highest BCUT2D eigenvalue weighted by Crippen LogP contribution is 2.44. The Morgan fingerprint density at radius 2 is 1.76 bits per heavy atom. The molecule has 0 radical (unpaired) electrons. The van der Waals surface area contributed by atoms with Gasteiger partial charge in [-0.3, -0.25) is 4.79 Å². The highest BCUT2D eigenvalue weighted by atomic mass is 32.1. The van der Waals surface area contributed by atoms with Gasteiger partial charge < -0.3 is 5.11 Å². The third kappa shape index (κ3) is 2.34. The quantitative estimate of drug-likeness (QED) is 0.806. The highest BCUT2D eigenvalue weighted by Gasteiger charge is 2.44. The van der Waals surface area contributed by atoms with Crippen molar-refractivity contribution < 1.29 is 9.90 Å². The minimum absolute atomic E-state index is 0.138. The lowest BCUT2D eigenvalue weighted by Crippen LogP contribution is -2.39. The average Bonchev–Trinajstić information content (AvgIpc) is 2.39. The summed E-state index contributed by atoms with van der Waals surface area (Å²) in [5.41, 5.74) is 0.808. The second-order valence-electron chi connectivity index (χ2n) is 4.77. The van der Waals surface area contributed by atoms with E-state index >= 15 is 0 Å². The molecular weight excluding hydrogens is 232 g/mol. The molecule has 1 aliphatic carbocycles. The van der Waals surface area contributed by atoms with E-state index in [2.05, 4.69) is 12.6 Å². The number of benzene rings is 1. The van der Waals surface area contributed by atoms with Gasteiger partial charge in [0.05, 0.1) is 0 Å². The van der Waals surface area contributed by atoms with Crippen molar-refractivity contribution in [3.63, 3.8) is 0 Å². The molecule has 0 amide bonds. The van der Waals surface area contributed by atoms with E-state index in [4.69, 9.17) is 0 Å². The van der Waals surface area contributed by atoms with Crippen LogP contribution < -0.4 is 0 Å². The van der Waals surface area contributed by atoms with Gasteiger partial charge in [0, 0.05) is 0 Å². The fraction of sp³-hybridized carbons (Fsp3) is 0.500. The standard InChI is InChI=1S/C14H18O2S/c15-13(16)14(17,11-7-3-1-4-8-11)12-9-5-2-6-10-12/h1,3-4,7-8,12,17H,2,5-6,9-10H2,(H,15,16)/t14-/m1/s1. The molecule has 0 heterocycles. The van der Waals surface area contributed by atoms with E-state index in [-0.39, 0.29) is 5.92 Å². The predicted octanol–water partition coefficient (Wildman–Crippen LogP) is 3.48. The van der Waals surface area contributed by atoms with Crippen LogP contribution in [0.5, 0.6) is 0 Å². The maximum atomic E-state index is 11.6. The van der Waals surface area contributed by atoms with Crippen LogP contribution in [0.1, 0.15) is 37.7 Å². The Bertz CT molecular complexity index is 384. The second-order valence-corrected chi connectivity index (χ2v) is 5.48. The molecule has 1 saturated carbocycles. The summed E-state index contributed by atoms with van der Waals surface area (Å²) in [5.74, 6) is -0.682. The molecule has 1 atom stereocenters. The molecule has 92 valence electrons. The van der Waals surface area contributed by atoms with Crippen LogP contribution in [0.3, 0.4) is 0 Å². The molecule has 0 unspecified atom stereocenters. The lowest BCUT2D eigenvalue weighted by molar-refractivity contribution is -0.142. The Hall–Kier alpha value is -0.960. The molecule has 2 nitrogen and oxygen atoms in total. The van der Waals surface area contributed by atoms with Crippen molar-refractivity contribution in [2.24, 2.45) is 5.92 Å². The van der Waals surface area contributed by atoms with Crippen LogP contribution in [0.2, 0.25) is 0 Å². The van der Waals surface area contributed by atoms with Gasteiger partial charge in [-0.15, -0.1) is 0 Å². The van der Waals surface area contributed by atoms with Gasteiger partial charge in [0.15, 0.2) is 0 Å². The van der Waals surface area contributed by atoms with Crippen LogP contribution in [0.15, 0.2) is 30.3 Å². The summed E-state index contributed by atoms with van der Waals surface area (Å²) in [4.78, 5) is 11.6. The number of hydrogen-bond acceptors (Lipinski definition) is 2. The zero-order chi connectivity index (χ0) is 12.3. The lowest BCUT2D eigenvalue weighted by atomic mass is 9.76. The van der Waals surface area contributed by atoms with E-state index in [1.54, 1.807) is 0 Å². The van der Waals surface area contributed by atoms with Gasteiger partial charge in [-0.1, -0.05) is 49.6 Å². The molecule has 1 aromatic rings. The Morgan fingerprint density at radius 3 is 2.29 bits per heavy atom. The number of hydrogen-bond donors (Lipinski definition) is 2. The molecule has 0 saturated heterocycles. The first kappa shape index (κ1) is 12.5. The largest absolute Gasteiger partial charge is 0.480 e. The van der Waals surface area contributed by atoms with Gasteiger partial charge in [-0.05, 0) is 24.3 Å². The summed E-state index contributed by atoms with van der Waals surface area (Å²) < 4.78 is -1.03. The first-order valence-corrected chi connectivity index (χ1v) is 6.61. The van der Waals surface area contributed by atoms with Crippen molar-refractivity contribution in [2.45, 2.75) is 36.9 Å². The minimum Gasteiger partial charge on any atom is -0.480 e. The first-order chi connectivity index (χ1) is 8.15. The van der Waals surface area contributed by atoms with Crippen molar-refractivity contribution >= 4 is 18.6 Å². The molecule has 0 bridgehead atoms. The molecule has 2 rings (SSSR count). The van der Waals surface area contributed by atoms with E-state index < -0.39 is 10.7 Å². The molecule has 3 heteroatoms. The van der Waals surface area contributed by atoms with Crippen LogP contribution in [-0.2, 0) is 9.54 Å². The number of carbonyl (C=O) groups is 1. The maximum absolute atomic E-state index is 11.6. The van der Waals surface area contributed by atoms with Gasteiger partial charge in [0.2, 0.25) is 0 Å². The van der Waals surface area contributed by atoms with Crippen LogP contribution in [-0.4, -0.2) is 11.1 Å². The summed E-state index contributed by atoms with van der Waals surface area (Å²) in [7, 11) is 0. The van der Waals surface area contributed by atoms with Gasteiger partial charge in [0.1, 0.15) is 4.75 Å². The SMILES string of the molecule is O=C(O)[C@@](S)(c1ccccc1)C1CCCCC1. The van der Waals surface area contributed by atoms with Gasteiger partial charge >= 0.3 is 5.97 Å². The Balaban J connectivity index is 2.35. The molecule has 17 heavy (non-hydrogen) atoms. The van der Waals surface area contributed by atoms with Gasteiger partial charge in [-0.25, -0.2) is 0 Å². The van der Waals surface area contributed by atoms with Crippen LogP contribution in [0.25, 0.3) is 0 Å². The number of aliphatic carboxylic acids is 1. The molecule has 1 fully saturated rings. The Kier molecular flexibility index (Phi) is 3.77. The molecule has 1 aliphatic rings. The van der Waals surface area contributed by atoms with E-state index in [0.29, 0.717) is 0 Å². The zero-order valence-electron chi connectivity index (χ0n) is 9.80. The van der Waals surface area contributed by atoms with E-state index in [1.807, 2.05) is 30.3 Å². The number of carboxylic acids is 1. The van der Waals surface area contributed by atoms with Crippen LogP contribution in [0.4, 0.5) is 0 Å². The highest BCUT2D eigenvalue weighted by molar-refractivity contribution is 7.82. The molecule has 0 spiro atoms. The van der Waals surface area contributed by atoms with Crippen molar-refractivity contribution in [1.82, 2.24) is 0 Å². The van der Waals surface area contributed by atoms with E-state index in [9.17, 15) is 9.90 Å². The summed E-state index contributed by atoms with van der Waals surface area (Å²) in [6, 6.07) is 9.41. The summed E-state index contributed by atoms with van der Waals surface area (Å²) in [6.07, 6.45) is 5.38. The molecule has 0 aliphatic heterocycles. The van der Waals surface area contributed by atoms with Crippen LogP contribution in [0, 0.1) is 5.92 Å². The topological polar surface area (TPSA) is 37.3 Å². The number of thiol groups is 1.